The van der Waals surface area contributed by atoms with Crippen molar-refractivity contribution in [2.75, 3.05) is 19.6 Å². The maximum absolute atomic E-state index is 6.35. The first-order valence-corrected chi connectivity index (χ1v) is 7.83. The molecule has 1 aromatic rings. The van der Waals surface area contributed by atoms with Crippen molar-refractivity contribution in [3.63, 3.8) is 0 Å². The normalized spacial score (nSPS) is 29.2. The van der Waals surface area contributed by atoms with E-state index < -0.39 is 0 Å². The van der Waals surface area contributed by atoms with Crippen molar-refractivity contribution < 1.29 is 0 Å². The second-order valence-corrected chi connectivity index (χ2v) is 6.52. The first-order valence-electron chi connectivity index (χ1n) is 7.08. The predicted molar refractivity (Wildman–Crippen MR) is 81.0 cm³/mol. The molecule has 0 aliphatic carbocycles. The molecule has 2 heterocycles. The zero-order chi connectivity index (χ0) is 13.4. The molecule has 19 heavy (non-hydrogen) atoms. The fraction of sp³-hybridized carbons (Fsp3) is 0.600. The fourth-order valence-corrected chi connectivity index (χ4v) is 3.90. The maximum atomic E-state index is 6.35. The van der Waals surface area contributed by atoms with E-state index >= 15 is 0 Å². The Bertz CT molecular complexity index is 449. The van der Waals surface area contributed by atoms with Crippen LogP contribution < -0.4 is 5.32 Å². The molecule has 1 N–H and O–H groups in total. The first-order chi connectivity index (χ1) is 9.16. The van der Waals surface area contributed by atoms with Crippen molar-refractivity contribution >= 4 is 23.2 Å². The molecule has 1 unspecified atom stereocenters. The molecule has 0 aromatic heterocycles. The summed E-state index contributed by atoms with van der Waals surface area (Å²) in [6.07, 6.45) is 2.66. The third-order valence-electron chi connectivity index (χ3n) is 4.61. The summed E-state index contributed by atoms with van der Waals surface area (Å²) >= 11 is 12.5. The molecule has 0 radical (unpaired) electrons. The van der Waals surface area contributed by atoms with E-state index in [0.29, 0.717) is 22.1 Å². The quantitative estimate of drug-likeness (QED) is 0.895. The van der Waals surface area contributed by atoms with Gasteiger partial charge in [-0.05, 0) is 43.9 Å². The lowest BCUT2D eigenvalue weighted by Crippen LogP contribution is -2.40. The van der Waals surface area contributed by atoms with E-state index in [-0.39, 0.29) is 0 Å². The number of halogens is 2. The van der Waals surface area contributed by atoms with E-state index in [0.717, 1.165) is 18.0 Å². The van der Waals surface area contributed by atoms with Gasteiger partial charge in [-0.25, -0.2) is 0 Å². The third kappa shape index (κ3) is 2.64. The summed E-state index contributed by atoms with van der Waals surface area (Å²) in [5, 5.41) is 5.00. The number of hydrogen-bond acceptors (Lipinski definition) is 2. The number of hydrogen-bond donors (Lipinski definition) is 1. The van der Waals surface area contributed by atoms with Crippen molar-refractivity contribution in [1.82, 2.24) is 10.2 Å². The molecule has 4 heteroatoms. The highest BCUT2D eigenvalue weighted by Crippen LogP contribution is 2.36. The number of likely N-dealkylation sites (tertiary alicyclic amines) is 1. The maximum Gasteiger partial charge on any atom is 0.0640 e. The average Bonchev–Trinajstić information content (AvgIpc) is 2.85. The molecule has 2 nitrogen and oxygen atoms in total. The highest BCUT2D eigenvalue weighted by molar-refractivity contribution is 6.42. The van der Waals surface area contributed by atoms with Gasteiger partial charge in [0.1, 0.15) is 0 Å². The molecule has 0 bridgehead atoms. The van der Waals surface area contributed by atoms with Gasteiger partial charge in [0.25, 0.3) is 0 Å². The summed E-state index contributed by atoms with van der Waals surface area (Å²) in [7, 11) is 0. The van der Waals surface area contributed by atoms with Gasteiger partial charge < -0.3 is 5.32 Å². The van der Waals surface area contributed by atoms with Crippen molar-refractivity contribution in [2.45, 2.75) is 31.8 Å². The Hall–Kier alpha value is -0.280. The zero-order valence-electron chi connectivity index (χ0n) is 11.2. The molecule has 104 valence electrons. The largest absolute Gasteiger partial charge is 0.312 e. The van der Waals surface area contributed by atoms with E-state index in [2.05, 4.69) is 23.2 Å². The van der Waals surface area contributed by atoms with Gasteiger partial charge in [0, 0.05) is 25.2 Å². The lowest BCUT2D eigenvalue weighted by atomic mass is 9.94. The van der Waals surface area contributed by atoms with Gasteiger partial charge in [-0.2, -0.15) is 0 Å². The Morgan fingerprint density at radius 3 is 2.95 bits per heavy atom. The van der Waals surface area contributed by atoms with Gasteiger partial charge in [0.15, 0.2) is 0 Å². The first kappa shape index (κ1) is 13.7. The lowest BCUT2D eigenvalue weighted by Gasteiger charge is -2.25. The van der Waals surface area contributed by atoms with Crippen molar-refractivity contribution in [3.8, 4) is 0 Å². The van der Waals surface area contributed by atoms with E-state index in [4.69, 9.17) is 23.2 Å². The van der Waals surface area contributed by atoms with Gasteiger partial charge in [0.2, 0.25) is 0 Å². The van der Waals surface area contributed by atoms with Crippen LogP contribution in [0, 0.1) is 5.92 Å². The second-order valence-electron chi connectivity index (χ2n) is 5.74. The Morgan fingerprint density at radius 2 is 2.16 bits per heavy atom. The minimum Gasteiger partial charge on any atom is -0.312 e. The summed E-state index contributed by atoms with van der Waals surface area (Å²) in [6, 6.07) is 6.92. The highest BCUT2D eigenvalue weighted by Gasteiger charge is 2.36. The Morgan fingerprint density at radius 1 is 1.32 bits per heavy atom. The molecule has 1 aromatic carbocycles. The average molecular weight is 299 g/mol. The SMILES string of the molecule is CC(c1cccc(Cl)c1Cl)N1C[C@@H]2CCCN[C@@H]2C1. The molecule has 2 aliphatic rings. The molecule has 0 saturated carbocycles. The van der Waals surface area contributed by atoms with Crippen LogP contribution in [0.2, 0.25) is 10.0 Å². The Kier molecular flexibility index (Phi) is 4.04. The van der Waals surface area contributed by atoms with E-state index in [1.165, 1.54) is 25.9 Å². The van der Waals surface area contributed by atoms with Crippen LogP contribution in [-0.4, -0.2) is 30.6 Å². The molecule has 2 fully saturated rings. The molecular formula is C15H20Cl2N2. The van der Waals surface area contributed by atoms with Gasteiger partial charge in [-0.3, -0.25) is 4.90 Å². The second kappa shape index (κ2) is 5.61. The summed E-state index contributed by atoms with van der Waals surface area (Å²) < 4.78 is 0. The van der Waals surface area contributed by atoms with Crippen LogP contribution in [0.25, 0.3) is 0 Å². The number of benzene rings is 1. The van der Waals surface area contributed by atoms with Crippen molar-refractivity contribution in [2.24, 2.45) is 5.92 Å². The van der Waals surface area contributed by atoms with Gasteiger partial charge in [0.05, 0.1) is 10.0 Å². The van der Waals surface area contributed by atoms with Crippen LogP contribution in [0.3, 0.4) is 0 Å². The Balaban J connectivity index is 1.77. The van der Waals surface area contributed by atoms with E-state index in [1.54, 1.807) is 0 Å². The third-order valence-corrected chi connectivity index (χ3v) is 5.44. The van der Waals surface area contributed by atoms with Crippen LogP contribution in [0.4, 0.5) is 0 Å². The molecule has 0 spiro atoms. The molecule has 3 rings (SSSR count). The van der Waals surface area contributed by atoms with Gasteiger partial charge >= 0.3 is 0 Å². The summed E-state index contributed by atoms with van der Waals surface area (Å²) in [6.45, 7) is 5.69. The minimum absolute atomic E-state index is 0.332. The smallest absolute Gasteiger partial charge is 0.0640 e. The summed E-state index contributed by atoms with van der Waals surface area (Å²) in [5.41, 5.74) is 1.15. The zero-order valence-corrected chi connectivity index (χ0v) is 12.7. The standard InChI is InChI=1S/C15H20Cl2N2/c1-10(12-5-2-6-13(16)15(12)17)19-8-11-4-3-7-18-14(11)9-19/h2,5-6,10-11,14,18H,3-4,7-9H2,1H3/t10?,11-,14+/m0/s1. The number of nitrogens with zero attached hydrogens (tertiary/aromatic N) is 1. The van der Waals surface area contributed by atoms with Gasteiger partial charge in [-0.15, -0.1) is 0 Å². The summed E-state index contributed by atoms with van der Waals surface area (Å²) in [5.74, 6) is 0.800. The van der Waals surface area contributed by atoms with Gasteiger partial charge in [-0.1, -0.05) is 35.3 Å². The van der Waals surface area contributed by atoms with E-state index in [9.17, 15) is 0 Å². The van der Waals surface area contributed by atoms with E-state index in [1.807, 2.05) is 12.1 Å². The lowest BCUT2D eigenvalue weighted by molar-refractivity contribution is 0.251. The topological polar surface area (TPSA) is 15.3 Å². The molecular weight excluding hydrogens is 279 g/mol. The molecule has 3 atom stereocenters. The summed E-state index contributed by atoms with van der Waals surface area (Å²) in [4.78, 5) is 2.53. The molecule has 2 saturated heterocycles. The monoisotopic (exact) mass is 298 g/mol. The number of fused-ring (bicyclic) bond motifs is 1. The number of rotatable bonds is 2. The molecule has 2 aliphatic heterocycles. The van der Waals surface area contributed by atoms with Crippen LogP contribution >= 0.6 is 23.2 Å². The fourth-order valence-electron chi connectivity index (χ4n) is 3.44. The molecule has 0 amide bonds. The Labute approximate surface area is 125 Å². The van der Waals surface area contributed by atoms with Crippen LogP contribution in [0.15, 0.2) is 18.2 Å². The van der Waals surface area contributed by atoms with Crippen LogP contribution in [0.1, 0.15) is 31.4 Å². The van der Waals surface area contributed by atoms with Crippen molar-refractivity contribution in [3.05, 3.63) is 33.8 Å². The van der Waals surface area contributed by atoms with Crippen molar-refractivity contribution in [1.29, 1.82) is 0 Å². The highest BCUT2D eigenvalue weighted by atomic mass is 35.5. The van der Waals surface area contributed by atoms with Crippen LogP contribution in [-0.2, 0) is 0 Å². The predicted octanol–water partition coefficient (Wildman–Crippen LogP) is 3.74. The minimum atomic E-state index is 0.332. The number of nitrogens with one attached hydrogen (secondary N) is 1. The number of piperidine rings is 1. The van der Waals surface area contributed by atoms with Crippen LogP contribution in [0.5, 0.6) is 0 Å².